The molecule has 1 aromatic carbocycles. The zero-order valence-electron chi connectivity index (χ0n) is 12.6. The Hall–Kier alpha value is -1.59. The van der Waals surface area contributed by atoms with Gasteiger partial charge >= 0.3 is 57.3 Å². The molecule has 0 aliphatic carbocycles. The summed E-state index contributed by atoms with van der Waals surface area (Å²) in [6.07, 6.45) is -6.85. The second-order valence-corrected chi connectivity index (χ2v) is 11.1. The van der Waals surface area contributed by atoms with Crippen molar-refractivity contribution in [1.82, 2.24) is 0 Å². The van der Waals surface area contributed by atoms with E-state index < -0.39 is 87.3 Å². The number of hydrogen-bond acceptors (Lipinski definition) is 10. The summed E-state index contributed by atoms with van der Waals surface area (Å²) in [6, 6.07) is 0. The highest BCUT2D eigenvalue weighted by molar-refractivity contribution is 7.93. The van der Waals surface area contributed by atoms with Gasteiger partial charge in [-0.2, -0.15) is 55.3 Å². The molecule has 10 nitrogen and oxygen atoms in total. The first-order chi connectivity index (χ1) is 12.7. The van der Waals surface area contributed by atoms with E-state index in [9.17, 15) is 74.7 Å². The van der Waals surface area contributed by atoms with E-state index in [1.807, 2.05) is 0 Å². The molecule has 0 radical (unpaired) electrons. The molecular formula is C7F8O10S5. The first-order valence-electron chi connectivity index (χ1n) is 5.78. The Morgan fingerprint density at radius 3 is 0.700 bits per heavy atom. The maximum absolute atomic E-state index is 13.5. The standard InChI is InChI=1S/C7F8O10S5/c8-7(9,10)1-2(26(11,16)17)4(28(13,20)21)6(30(15,24)25)5(29(14,22)23)3(1)27(12,18)19. The van der Waals surface area contributed by atoms with Crippen molar-refractivity contribution in [3.63, 3.8) is 0 Å². The molecule has 174 valence electrons. The lowest BCUT2D eigenvalue weighted by Crippen LogP contribution is -2.24. The summed E-state index contributed by atoms with van der Waals surface area (Å²) in [5, 5.41) is 0. The molecule has 0 fully saturated rings. The molecular weight excluding hydrogens is 556 g/mol. The van der Waals surface area contributed by atoms with Gasteiger partial charge in [0.1, 0.15) is 30.0 Å². The lowest BCUT2D eigenvalue weighted by molar-refractivity contribution is -0.143. The summed E-state index contributed by atoms with van der Waals surface area (Å²) in [5.74, 6) is 0. The van der Waals surface area contributed by atoms with Gasteiger partial charge in [-0.1, -0.05) is 0 Å². The van der Waals surface area contributed by atoms with Crippen molar-refractivity contribution in [3.05, 3.63) is 5.56 Å². The molecule has 0 bridgehead atoms. The van der Waals surface area contributed by atoms with E-state index >= 15 is 0 Å². The van der Waals surface area contributed by atoms with Gasteiger partial charge < -0.3 is 0 Å². The van der Waals surface area contributed by atoms with Crippen LogP contribution >= 0.6 is 0 Å². The second-order valence-electron chi connectivity index (χ2n) is 4.71. The van der Waals surface area contributed by atoms with E-state index in [1.54, 1.807) is 0 Å². The molecule has 0 unspecified atom stereocenters. The summed E-state index contributed by atoms with van der Waals surface area (Å²) in [4.78, 5) is -19.1. The molecule has 0 amide bonds. The first kappa shape index (κ1) is 26.4. The molecule has 30 heavy (non-hydrogen) atoms. The van der Waals surface area contributed by atoms with E-state index in [0.29, 0.717) is 0 Å². The third-order valence-electron chi connectivity index (χ3n) is 2.78. The van der Waals surface area contributed by atoms with Crippen LogP contribution in [-0.4, -0.2) is 42.1 Å². The lowest BCUT2D eigenvalue weighted by Gasteiger charge is -2.19. The summed E-state index contributed by atoms with van der Waals surface area (Å²) < 4.78 is 217. The van der Waals surface area contributed by atoms with Gasteiger partial charge in [-0.05, 0) is 0 Å². The quantitative estimate of drug-likeness (QED) is 0.376. The summed E-state index contributed by atoms with van der Waals surface area (Å²) in [7, 11) is -37.3. The number of halogens is 8. The van der Waals surface area contributed by atoms with Gasteiger partial charge in [-0.3, -0.25) is 0 Å². The predicted molar refractivity (Wildman–Crippen MR) is 72.9 cm³/mol. The number of alkyl halides is 3. The van der Waals surface area contributed by atoms with Gasteiger partial charge in [0, 0.05) is 0 Å². The molecule has 0 spiro atoms. The van der Waals surface area contributed by atoms with Crippen molar-refractivity contribution in [2.75, 3.05) is 0 Å². The van der Waals surface area contributed by atoms with Crippen molar-refractivity contribution in [2.24, 2.45) is 0 Å². The maximum Gasteiger partial charge on any atom is 0.419 e. The van der Waals surface area contributed by atoms with Crippen molar-refractivity contribution >= 4 is 51.1 Å². The van der Waals surface area contributed by atoms with Crippen LogP contribution in [0.2, 0.25) is 0 Å². The zero-order chi connectivity index (χ0) is 24.5. The Morgan fingerprint density at radius 2 is 0.567 bits per heavy atom. The Labute approximate surface area is 162 Å². The third kappa shape index (κ3) is 5.00. The summed E-state index contributed by atoms with van der Waals surface area (Å²) in [6.45, 7) is 0. The number of benzene rings is 1. The minimum atomic E-state index is -7.48. The highest BCUT2D eigenvalue weighted by Gasteiger charge is 2.54. The van der Waals surface area contributed by atoms with Crippen molar-refractivity contribution in [1.29, 1.82) is 0 Å². The fourth-order valence-electron chi connectivity index (χ4n) is 2.03. The molecule has 0 aromatic heterocycles. The van der Waals surface area contributed by atoms with E-state index in [1.165, 1.54) is 0 Å². The first-order valence-corrected chi connectivity index (χ1v) is 12.7. The van der Waals surface area contributed by atoms with E-state index in [0.717, 1.165) is 0 Å². The fourth-order valence-corrected chi connectivity index (χ4v) is 8.19. The summed E-state index contributed by atoms with van der Waals surface area (Å²) in [5.41, 5.74) is -4.01. The predicted octanol–water partition coefficient (Wildman–Crippen LogP) is 0.996. The Bertz CT molecular complexity index is 1380. The highest BCUT2D eigenvalue weighted by atomic mass is 32.3. The van der Waals surface area contributed by atoms with Crippen LogP contribution in [0.25, 0.3) is 0 Å². The number of rotatable bonds is 5. The third-order valence-corrected chi connectivity index (χ3v) is 7.78. The normalized spacial score (nSPS) is 14.7. The molecule has 1 aromatic rings. The smallest absolute Gasteiger partial charge is 0.189 e. The van der Waals surface area contributed by atoms with Gasteiger partial charge in [-0.25, -0.2) is 0 Å². The van der Waals surface area contributed by atoms with Crippen LogP contribution < -0.4 is 0 Å². The molecule has 0 saturated heterocycles. The van der Waals surface area contributed by atoms with E-state index in [2.05, 4.69) is 0 Å². The van der Waals surface area contributed by atoms with Gasteiger partial charge in [-0.15, -0.1) is 19.4 Å². The van der Waals surface area contributed by atoms with Crippen LogP contribution in [-0.2, 0) is 57.3 Å². The van der Waals surface area contributed by atoms with Gasteiger partial charge in [0.15, 0.2) is 0 Å². The molecule has 0 N–H and O–H groups in total. The number of hydrogen-bond donors (Lipinski definition) is 0. The van der Waals surface area contributed by atoms with Crippen LogP contribution in [0.15, 0.2) is 24.5 Å². The van der Waals surface area contributed by atoms with Gasteiger partial charge in [0.05, 0.1) is 0 Å². The SMILES string of the molecule is O=S(=O)(F)c1c(C(F)(F)F)c(S(=O)(=O)F)c(S(=O)(=O)F)c(S(=O)(=O)F)c1S(=O)(=O)F. The lowest BCUT2D eigenvalue weighted by atomic mass is 10.2. The molecule has 0 aliphatic rings. The zero-order valence-corrected chi connectivity index (χ0v) is 16.7. The minimum Gasteiger partial charge on any atom is -0.189 e. The van der Waals surface area contributed by atoms with Crippen LogP contribution in [0.4, 0.5) is 32.6 Å². The largest absolute Gasteiger partial charge is 0.419 e. The van der Waals surface area contributed by atoms with Crippen molar-refractivity contribution in [2.45, 2.75) is 30.7 Å². The molecule has 1 rings (SSSR count). The van der Waals surface area contributed by atoms with Gasteiger partial charge in [0.2, 0.25) is 0 Å². The Balaban J connectivity index is 5.25. The molecule has 0 heterocycles. The minimum absolute atomic E-state index is 3.77. The van der Waals surface area contributed by atoms with Crippen LogP contribution in [0, 0.1) is 0 Å². The molecule has 0 saturated carbocycles. The van der Waals surface area contributed by atoms with E-state index in [4.69, 9.17) is 0 Å². The highest BCUT2D eigenvalue weighted by Crippen LogP contribution is 2.49. The van der Waals surface area contributed by atoms with Crippen LogP contribution in [0.5, 0.6) is 0 Å². The van der Waals surface area contributed by atoms with E-state index in [-0.39, 0.29) is 0 Å². The van der Waals surface area contributed by atoms with Crippen LogP contribution in [0.1, 0.15) is 5.56 Å². The Kier molecular flexibility index (Phi) is 6.14. The molecule has 0 atom stereocenters. The van der Waals surface area contributed by atoms with Crippen LogP contribution in [0.3, 0.4) is 0 Å². The topological polar surface area (TPSA) is 171 Å². The summed E-state index contributed by atoms with van der Waals surface area (Å²) >= 11 is 0. The molecule has 0 aliphatic heterocycles. The monoisotopic (exact) mass is 556 g/mol. The Morgan fingerprint density at radius 1 is 0.400 bits per heavy atom. The average molecular weight is 556 g/mol. The molecule has 23 heteroatoms. The van der Waals surface area contributed by atoms with Gasteiger partial charge in [0.25, 0.3) is 0 Å². The van der Waals surface area contributed by atoms with Crippen molar-refractivity contribution in [3.8, 4) is 0 Å². The average Bonchev–Trinajstić information content (AvgIpc) is 2.37. The van der Waals surface area contributed by atoms with Crippen molar-refractivity contribution < 1.29 is 74.7 Å². The second kappa shape index (κ2) is 6.96. The maximum atomic E-state index is 13.5. The fraction of sp³-hybridized carbons (Fsp3) is 0.143.